The maximum absolute atomic E-state index is 12.4. The van der Waals surface area contributed by atoms with Crippen molar-refractivity contribution in [2.45, 2.75) is 96.0 Å². The molecule has 2 heterocycles. The molecule has 0 bridgehead atoms. The van der Waals surface area contributed by atoms with Crippen LogP contribution in [0.25, 0.3) is 0 Å². The van der Waals surface area contributed by atoms with Crippen LogP contribution in [0.5, 0.6) is 5.75 Å². The van der Waals surface area contributed by atoms with Crippen LogP contribution in [0.3, 0.4) is 0 Å². The van der Waals surface area contributed by atoms with E-state index < -0.39 is 66.7 Å². The lowest BCUT2D eigenvalue weighted by Gasteiger charge is -2.49. The van der Waals surface area contributed by atoms with E-state index in [1.165, 1.54) is 13.8 Å². The van der Waals surface area contributed by atoms with Gasteiger partial charge in [0, 0.05) is 36.6 Å². The zero-order valence-electron chi connectivity index (χ0n) is 36.3. The van der Waals surface area contributed by atoms with Crippen LogP contribution >= 0.6 is 15.9 Å². The number of hydrogen-bond donors (Lipinski definition) is 0. The molecule has 0 radical (unpaired) electrons. The molecule has 0 amide bonds. The molecule has 64 heavy (non-hydrogen) atoms. The molecule has 2 aliphatic rings. The molecule has 5 aromatic carbocycles. The number of carbonyl (C=O) groups is 2. The number of rotatable bonds is 21. The van der Waals surface area contributed by atoms with E-state index in [1.54, 1.807) is 0 Å². The van der Waals surface area contributed by atoms with Crippen LogP contribution in [0.2, 0.25) is 0 Å². The van der Waals surface area contributed by atoms with Crippen molar-refractivity contribution in [2.24, 2.45) is 11.8 Å². The zero-order valence-corrected chi connectivity index (χ0v) is 37.9. The van der Waals surface area contributed by atoms with E-state index in [-0.39, 0.29) is 26.4 Å². The minimum atomic E-state index is -0.955. The minimum Gasteiger partial charge on any atom is -0.463 e. The molecular weight excluding hydrogens is 880 g/mol. The van der Waals surface area contributed by atoms with E-state index >= 15 is 0 Å². The first-order valence-corrected chi connectivity index (χ1v) is 22.6. The fourth-order valence-electron chi connectivity index (χ4n) is 8.31. The van der Waals surface area contributed by atoms with Gasteiger partial charge < -0.3 is 42.6 Å². The van der Waals surface area contributed by atoms with Gasteiger partial charge in [-0.25, -0.2) is 0 Å². The highest BCUT2D eigenvalue weighted by atomic mass is 79.9. The summed E-state index contributed by atoms with van der Waals surface area (Å²) in [5.74, 6) is -1.08. The Morgan fingerprint density at radius 2 is 1.09 bits per heavy atom. The molecule has 0 N–H and O–H groups in total. The standard InChI is InChI=1S/C52H57BrO11/c1-36(54)57-33-44-27-47(59-30-39-18-9-4-10-19-39)51(61-32-41-22-13-6-14-23-41)48(62-44)28-45-46(34-56-29-38-16-7-3-8-17-38)49(35-58-37(2)55)64-52(63-43-25-15-24-42(53)26-43)50(45)60-31-40-20-11-5-12-21-40/h3-26,44-52H,27-35H2,1-2H3. The fraction of sp³-hybridized carbons (Fsp3) is 0.385. The lowest BCUT2D eigenvalue weighted by molar-refractivity contribution is -0.282. The number of carbonyl (C=O) groups excluding carboxylic acids is 2. The Balaban J connectivity index is 1.29. The fourth-order valence-corrected chi connectivity index (χ4v) is 8.69. The van der Waals surface area contributed by atoms with Crippen molar-refractivity contribution >= 4 is 27.9 Å². The third-order valence-corrected chi connectivity index (χ3v) is 11.9. The van der Waals surface area contributed by atoms with Crippen LogP contribution in [0.15, 0.2) is 150 Å². The average molecular weight is 938 g/mol. The van der Waals surface area contributed by atoms with E-state index in [1.807, 2.05) is 146 Å². The van der Waals surface area contributed by atoms with Crippen molar-refractivity contribution in [2.75, 3.05) is 19.8 Å². The van der Waals surface area contributed by atoms with Gasteiger partial charge in [0.1, 0.15) is 37.3 Å². The van der Waals surface area contributed by atoms with E-state index in [0.717, 1.165) is 26.7 Å². The van der Waals surface area contributed by atoms with Gasteiger partial charge in [0.15, 0.2) is 0 Å². The molecule has 2 saturated heterocycles. The summed E-state index contributed by atoms with van der Waals surface area (Å²) in [6, 6.07) is 47.4. The van der Waals surface area contributed by atoms with E-state index in [2.05, 4.69) is 15.9 Å². The molecule has 12 heteroatoms. The number of benzene rings is 5. The first kappa shape index (κ1) is 47.1. The zero-order chi connectivity index (χ0) is 44.5. The van der Waals surface area contributed by atoms with Crippen molar-refractivity contribution in [1.29, 1.82) is 0 Å². The Morgan fingerprint density at radius 1 is 0.562 bits per heavy atom. The van der Waals surface area contributed by atoms with Gasteiger partial charge in [-0.3, -0.25) is 9.59 Å². The molecule has 9 unspecified atom stereocenters. The third kappa shape index (κ3) is 14.3. The molecule has 0 aromatic heterocycles. The summed E-state index contributed by atoms with van der Waals surface area (Å²) in [6.45, 7) is 4.24. The molecular formula is C52H57BrO11. The highest BCUT2D eigenvalue weighted by Gasteiger charge is 2.51. The van der Waals surface area contributed by atoms with E-state index in [0.29, 0.717) is 38.4 Å². The first-order valence-electron chi connectivity index (χ1n) is 21.9. The number of esters is 2. The predicted molar refractivity (Wildman–Crippen MR) is 243 cm³/mol. The number of halogens is 1. The second-order valence-electron chi connectivity index (χ2n) is 16.2. The third-order valence-electron chi connectivity index (χ3n) is 11.4. The molecule has 2 aliphatic heterocycles. The van der Waals surface area contributed by atoms with Gasteiger partial charge in [0.25, 0.3) is 0 Å². The van der Waals surface area contributed by atoms with Gasteiger partial charge >= 0.3 is 11.9 Å². The lowest BCUT2D eigenvalue weighted by Crippen LogP contribution is -2.59. The number of ether oxygens (including phenoxy) is 9. The van der Waals surface area contributed by atoms with Crippen molar-refractivity contribution in [3.05, 3.63) is 172 Å². The van der Waals surface area contributed by atoms with Crippen molar-refractivity contribution in [3.8, 4) is 5.75 Å². The van der Waals surface area contributed by atoms with Gasteiger partial charge in [0.05, 0.1) is 51.3 Å². The summed E-state index contributed by atoms with van der Waals surface area (Å²) in [6.07, 6.45) is -3.69. The molecule has 7 rings (SSSR count). The highest BCUT2D eigenvalue weighted by molar-refractivity contribution is 9.10. The van der Waals surface area contributed by atoms with Crippen LogP contribution < -0.4 is 4.74 Å². The van der Waals surface area contributed by atoms with Crippen LogP contribution in [-0.2, 0) is 73.9 Å². The van der Waals surface area contributed by atoms with Crippen LogP contribution in [0, 0.1) is 11.8 Å². The molecule has 0 aliphatic carbocycles. The maximum atomic E-state index is 12.4. The monoisotopic (exact) mass is 936 g/mol. The van der Waals surface area contributed by atoms with Gasteiger partial charge in [-0.15, -0.1) is 0 Å². The summed E-state index contributed by atoms with van der Waals surface area (Å²) in [5, 5.41) is 0. The first-order chi connectivity index (χ1) is 31.3. The second kappa shape index (κ2) is 24.4. The SMILES string of the molecule is CC(=O)OCC1CC(OCc2ccccc2)C(OCc2ccccc2)C(CC2C(COCc3ccccc3)C(COC(C)=O)OC(Oc3cccc(Br)c3)C2OCc2ccccc2)O1. The van der Waals surface area contributed by atoms with Crippen LogP contribution in [0.1, 0.15) is 48.9 Å². The summed E-state index contributed by atoms with van der Waals surface area (Å²) < 4.78 is 60.0. The van der Waals surface area contributed by atoms with Gasteiger partial charge in [-0.1, -0.05) is 143 Å². The summed E-state index contributed by atoms with van der Waals surface area (Å²) in [4.78, 5) is 24.6. The Kier molecular flexibility index (Phi) is 17.9. The maximum Gasteiger partial charge on any atom is 0.302 e. The van der Waals surface area contributed by atoms with Crippen molar-refractivity contribution < 1.29 is 52.2 Å². The molecule has 2 fully saturated rings. The summed E-state index contributed by atoms with van der Waals surface area (Å²) >= 11 is 3.59. The Morgan fingerprint density at radius 3 is 1.66 bits per heavy atom. The average Bonchev–Trinajstić information content (AvgIpc) is 3.31. The smallest absolute Gasteiger partial charge is 0.302 e. The van der Waals surface area contributed by atoms with E-state index in [4.69, 9.17) is 42.6 Å². The topological polar surface area (TPSA) is 117 Å². The minimum absolute atomic E-state index is 0.0391. The quantitative estimate of drug-likeness (QED) is 0.0656. The molecule has 0 saturated carbocycles. The van der Waals surface area contributed by atoms with Gasteiger partial charge in [-0.2, -0.15) is 0 Å². The highest BCUT2D eigenvalue weighted by Crippen LogP contribution is 2.42. The normalized spacial score (nSPS) is 24.4. The Labute approximate surface area is 384 Å². The molecule has 0 spiro atoms. The van der Waals surface area contributed by atoms with Gasteiger partial charge in [0.2, 0.25) is 6.29 Å². The Hall–Kier alpha value is -4.92. The lowest BCUT2D eigenvalue weighted by atomic mass is 9.76. The van der Waals surface area contributed by atoms with Crippen LogP contribution in [0.4, 0.5) is 0 Å². The largest absolute Gasteiger partial charge is 0.463 e. The number of hydrogen-bond acceptors (Lipinski definition) is 11. The van der Waals surface area contributed by atoms with Crippen molar-refractivity contribution in [1.82, 2.24) is 0 Å². The van der Waals surface area contributed by atoms with Crippen molar-refractivity contribution in [3.63, 3.8) is 0 Å². The molecule has 9 atom stereocenters. The Bertz CT molecular complexity index is 2140. The van der Waals surface area contributed by atoms with Crippen LogP contribution in [-0.4, -0.2) is 74.7 Å². The summed E-state index contributed by atoms with van der Waals surface area (Å²) in [5.41, 5.74) is 3.99. The predicted octanol–water partition coefficient (Wildman–Crippen LogP) is 9.43. The molecule has 338 valence electrons. The molecule has 11 nitrogen and oxygen atoms in total. The second-order valence-corrected chi connectivity index (χ2v) is 17.1. The summed E-state index contributed by atoms with van der Waals surface area (Å²) in [7, 11) is 0. The van der Waals surface area contributed by atoms with E-state index in [9.17, 15) is 9.59 Å². The van der Waals surface area contributed by atoms with Gasteiger partial charge in [-0.05, 0) is 46.9 Å². The molecule has 5 aromatic rings.